The van der Waals surface area contributed by atoms with Crippen molar-refractivity contribution in [3.05, 3.63) is 0 Å². The molecule has 0 heterocycles. The van der Waals surface area contributed by atoms with E-state index in [1.165, 1.54) is 19.3 Å². The van der Waals surface area contributed by atoms with Gasteiger partial charge in [0.05, 0.1) is 18.8 Å². The van der Waals surface area contributed by atoms with Gasteiger partial charge >= 0.3 is 6.09 Å². The standard InChI is InChI=1S/C14H27NO3/c1-3-4-10-18-14(17)15-11(2)13(16)12-8-6-5-7-9-12/h11-13,16H,3-10H2,1-2H3,(H,15,17). The third-order valence-corrected chi connectivity index (χ3v) is 3.72. The fraction of sp³-hybridized carbons (Fsp3) is 0.929. The first-order chi connectivity index (χ1) is 8.65. The molecule has 1 fully saturated rings. The predicted octanol–water partition coefficient (Wildman–Crippen LogP) is 2.84. The van der Waals surface area contributed by atoms with Crippen LogP contribution in [0.5, 0.6) is 0 Å². The summed E-state index contributed by atoms with van der Waals surface area (Å²) in [4.78, 5) is 11.5. The number of rotatable bonds is 6. The van der Waals surface area contributed by atoms with Gasteiger partial charge in [0, 0.05) is 0 Å². The third kappa shape index (κ3) is 5.25. The summed E-state index contributed by atoms with van der Waals surface area (Å²) in [7, 11) is 0. The van der Waals surface area contributed by atoms with Crippen molar-refractivity contribution < 1.29 is 14.6 Å². The Morgan fingerprint density at radius 2 is 2.06 bits per heavy atom. The van der Waals surface area contributed by atoms with Crippen LogP contribution < -0.4 is 5.32 Å². The molecule has 0 bridgehead atoms. The smallest absolute Gasteiger partial charge is 0.407 e. The fourth-order valence-corrected chi connectivity index (χ4v) is 2.51. The van der Waals surface area contributed by atoms with Gasteiger partial charge in [0.15, 0.2) is 0 Å². The SMILES string of the molecule is CCCCOC(=O)NC(C)C(O)C1CCCCC1. The minimum Gasteiger partial charge on any atom is -0.450 e. The lowest BCUT2D eigenvalue weighted by atomic mass is 9.83. The Balaban J connectivity index is 2.25. The van der Waals surface area contributed by atoms with Gasteiger partial charge in [-0.15, -0.1) is 0 Å². The lowest BCUT2D eigenvalue weighted by Crippen LogP contribution is -2.45. The van der Waals surface area contributed by atoms with E-state index in [4.69, 9.17) is 4.74 Å². The highest BCUT2D eigenvalue weighted by atomic mass is 16.5. The number of carbonyl (C=O) groups is 1. The Kier molecular flexibility index (Phi) is 7.09. The number of alkyl carbamates (subject to hydrolysis) is 1. The molecule has 1 amide bonds. The zero-order chi connectivity index (χ0) is 13.4. The Labute approximate surface area is 110 Å². The summed E-state index contributed by atoms with van der Waals surface area (Å²) in [5.74, 6) is 0.324. The van der Waals surface area contributed by atoms with Crippen LogP contribution in [0.4, 0.5) is 4.79 Å². The van der Waals surface area contributed by atoms with Gasteiger partial charge in [0.2, 0.25) is 0 Å². The highest BCUT2D eigenvalue weighted by Crippen LogP contribution is 2.27. The number of unbranched alkanes of at least 4 members (excludes halogenated alkanes) is 1. The van der Waals surface area contributed by atoms with Crippen LogP contribution in [-0.2, 0) is 4.74 Å². The summed E-state index contributed by atoms with van der Waals surface area (Å²) in [5.41, 5.74) is 0. The lowest BCUT2D eigenvalue weighted by Gasteiger charge is -2.30. The van der Waals surface area contributed by atoms with E-state index >= 15 is 0 Å². The van der Waals surface area contributed by atoms with E-state index in [0.717, 1.165) is 25.7 Å². The van der Waals surface area contributed by atoms with Crippen LogP contribution in [0.3, 0.4) is 0 Å². The minimum absolute atomic E-state index is 0.234. The maximum atomic E-state index is 11.5. The molecular weight excluding hydrogens is 230 g/mol. The molecule has 0 aromatic heterocycles. The second-order valence-corrected chi connectivity index (χ2v) is 5.31. The topological polar surface area (TPSA) is 58.6 Å². The average molecular weight is 257 g/mol. The van der Waals surface area contributed by atoms with E-state index in [0.29, 0.717) is 12.5 Å². The summed E-state index contributed by atoms with van der Waals surface area (Å²) in [6, 6.07) is -0.234. The molecule has 1 rings (SSSR count). The summed E-state index contributed by atoms with van der Waals surface area (Å²) >= 11 is 0. The van der Waals surface area contributed by atoms with Gasteiger partial charge in [-0.3, -0.25) is 0 Å². The summed E-state index contributed by atoms with van der Waals surface area (Å²) < 4.78 is 5.03. The van der Waals surface area contributed by atoms with Gasteiger partial charge in [-0.25, -0.2) is 4.79 Å². The van der Waals surface area contributed by atoms with Gasteiger partial charge in [0.1, 0.15) is 0 Å². The minimum atomic E-state index is -0.455. The lowest BCUT2D eigenvalue weighted by molar-refractivity contribution is 0.0517. The second kappa shape index (κ2) is 8.35. The van der Waals surface area contributed by atoms with E-state index in [1.807, 2.05) is 6.92 Å². The molecule has 1 aliphatic carbocycles. The molecule has 0 saturated heterocycles. The normalized spacial score (nSPS) is 20.2. The van der Waals surface area contributed by atoms with Crippen LogP contribution in [0, 0.1) is 5.92 Å². The van der Waals surface area contributed by atoms with Crippen LogP contribution in [0.1, 0.15) is 58.8 Å². The molecule has 1 aliphatic rings. The molecule has 2 N–H and O–H groups in total. The number of ether oxygens (including phenoxy) is 1. The van der Waals surface area contributed by atoms with Crippen molar-refractivity contribution in [1.29, 1.82) is 0 Å². The van der Waals surface area contributed by atoms with E-state index in [2.05, 4.69) is 12.2 Å². The van der Waals surface area contributed by atoms with Crippen LogP contribution in [-0.4, -0.2) is 30.0 Å². The number of aliphatic hydroxyl groups excluding tert-OH is 1. The number of hydrogen-bond acceptors (Lipinski definition) is 3. The molecule has 18 heavy (non-hydrogen) atoms. The quantitative estimate of drug-likeness (QED) is 0.719. The van der Waals surface area contributed by atoms with Crippen LogP contribution in [0.25, 0.3) is 0 Å². The van der Waals surface area contributed by atoms with Crippen molar-refractivity contribution in [1.82, 2.24) is 5.32 Å². The summed E-state index contributed by atoms with van der Waals surface area (Å²) in [6.07, 6.45) is 6.81. The Morgan fingerprint density at radius 3 is 2.67 bits per heavy atom. The number of nitrogens with one attached hydrogen (secondary N) is 1. The van der Waals surface area contributed by atoms with Crippen LogP contribution >= 0.6 is 0 Å². The van der Waals surface area contributed by atoms with Crippen molar-refractivity contribution >= 4 is 6.09 Å². The fourth-order valence-electron chi connectivity index (χ4n) is 2.51. The molecular formula is C14H27NO3. The second-order valence-electron chi connectivity index (χ2n) is 5.31. The molecule has 0 spiro atoms. The molecule has 4 heteroatoms. The van der Waals surface area contributed by atoms with E-state index in [1.54, 1.807) is 0 Å². The zero-order valence-electron chi connectivity index (χ0n) is 11.7. The maximum Gasteiger partial charge on any atom is 0.407 e. The molecule has 2 unspecified atom stereocenters. The molecule has 0 aliphatic heterocycles. The molecule has 106 valence electrons. The first kappa shape index (κ1) is 15.3. The van der Waals surface area contributed by atoms with Crippen molar-refractivity contribution in [2.45, 2.75) is 70.9 Å². The number of hydrogen-bond donors (Lipinski definition) is 2. The molecule has 0 radical (unpaired) electrons. The molecule has 0 aromatic rings. The summed E-state index contributed by atoms with van der Waals surface area (Å²) in [5, 5.41) is 12.9. The maximum absolute atomic E-state index is 11.5. The number of aliphatic hydroxyl groups is 1. The van der Waals surface area contributed by atoms with E-state index < -0.39 is 12.2 Å². The Morgan fingerprint density at radius 1 is 1.39 bits per heavy atom. The van der Waals surface area contributed by atoms with Gasteiger partial charge in [0.25, 0.3) is 0 Å². The van der Waals surface area contributed by atoms with Gasteiger partial charge in [-0.1, -0.05) is 32.6 Å². The zero-order valence-corrected chi connectivity index (χ0v) is 11.7. The number of amides is 1. The van der Waals surface area contributed by atoms with Crippen molar-refractivity contribution in [3.8, 4) is 0 Å². The summed E-state index contributed by atoms with van der Waals surface area (Å²) in [6.45, 7) is 4.35. The van der Waals surface area contributed by atoms with Crippen LogP contribution in [0.15, 0.2) is 0 Å². The first-order valence-corrected chi connectivity index (χ1v) is 7.26. The molecule has 2 atom stereocenters. The molecule has 4 nitrogen and oxygen atoms in total. The van der Waals surface area contributed by atoms with E-state index in [-0.39, 0.29) is 6.04 Å². The van der Waals surface area contributed by atoms with E-state index in [9.17, 15) is 9.90 Å². The van der Waals surface area contributed by atoms with Gasteiger partial charge in [-0.2, -0.15) is 0 Å². The van der Waals surface area contributed by atoms with Crippen LogP contribution in [0.2, 0.25) is 0 Å². The molecule has 1 saturated carbocycles. The van der Waals surface area contributed by atoms with Gasteiger partial charge < -0.3 is 15.2 Å². The van der Waals surface area contributed by atoms with Crippen molar-refractivity contribution in [2.24, 2.45) is 5.92 Å². The largest absolute Gasteiger partial charge is 0.450 e. The Bertz CT molecular complexity index is 239. The highest BCUT2D eigenvalue weighted by Gasteiger charge is 2.27. The molecule has 0 aromatic carbocycles. The first-order valence-electron chi connectivity index (χ1n) is 7.26. The number of carbonyl (C=O) groups excluding carboxylic acids is 1. The predicted molar refractivity (Wildman–Crippen MR) is 71.4 cm³/mol. The third-order valence-electron chi connectivity index (χ3n) is 3.72. The van der Waals surface area contributed by atoms with Gasteiger partial charge in [-0.05, 0) is 32.1 Å². The monoisotopic (exact) mass is 257 g/mol. The van der Waals surface area contributed by atoms with Crippen molar-refractivity contribution in [3.63, 3.8) is 0 Å². The average Bonchev–Trinajstić information content (AvgIpc) is 2.39. The Hall–Kier alpha value is -0.770. The highest BCUT2D eigenvalue weighted by molar-refractivity contribution is 5.67. The van der Waals surface area contributed by atoms with Crippen molar-refractivity contribution in [2.75, 3.05) is 6.61 Å².